The number of carbonyl (C=O) groups excluding carboxylic acids is 2. The summed E-state index contributed by atoms with van der Waals surface area (Å²) in [6.07, 6.45) is 0.825. The molecule has 1 atom stereocenters. The van der Waals surface area contributed by atoms with Crippen molar-refractivity contribution in [3.05, 3.63) is 87.1 Å². The Labute approximate surface area is 209 Å². The number of ether oxygens (including phenoxy) is 1. The fraction of sp³-hybridized carbons (Fsp3) is 0.333. The molecule has 0 saturated heterocycles. The first kappa shape index (κ1) is 24.3. The predicted molar refractivity (Wildman–Crippen MR) is 136 cm³/mol. The number of fused-ring (bicyclic) bond motifs is 1. The maximum Gasteiger partial charge on any atom is 0.261 e. The highest BCUT2D eigenvalue weighted by molar-refractivity contribution is 7.10. The third-order valence-corrected chi connectivity index (χ3v) is 7.23. The quantitative estimate of drug-likeness (QED) is 0.447. The first-order valence-corrected chi connectivity index (χ1v) is 12.6. The molecule has 0 fully saturated rings. The lowest BCUT2D eigenvalue weighted by Crippen LogP contribution is -2.53. The van der Waals surface area contributed by atoms with Crippen LogP contribution in [0.2, 0.25) is 5.02 Å². The van der Waals surface area contributed by atoms with Crippen LogP contribution in [0.4, 0.5) is 0 Å². The van der Waals surface area contributed by atoms with Gasteiger partial charge in [-0.1, -0.05) is 41.9 Å². The van der Waals surface area contributed by atoms with Gasteiger partial charge in [-0.05, 0) is 74.0 Å². The molecule has 1 aromatic heterocycles. The van der Waals surface area contributed by atoms with Gasteiger partial charge < -0.3 is 14.5 Å². The van der Waals surface area contributed by atoms with E-state index in [4.69, 9.17) is 16.3 Å². The van der Waals surface area contributed by atoms with E-state index in [1.54, 1.807) is 40.5 Å². The standard InChI is InChI=1S/C27H29ClN2O3S/c1-27(2,3)30(25(32)18-33-21-11-9-20(28)10-12-21)17-24(31)29-15-13-23-22(14-16-34-23)26(29)19-7-5-4-6-8-19/h4-12,14,16,26H,13,15,17-18H2,1-3H3/t26-/m1/s1. The van der Waals surface area contributed by atoms with Crippen LogP contribution in [-0.2, 0) is 16.0 Å². The van der Waals surface area contributed by atoms with E-state index in [1.165, 1.54) is 10.4 Å². The van der Waals surface area contributed by atoms with Crippen LogP contribution >= 0.6 is 22.9 Å². The van der Waals surface area contributed by atoms with E-state index in [9.17, 15) is 9.59 Å². The molecule has 0 radical (unpaired) electrons. The molecule has 2 amide bonds. The largest absolute Gasteiger partial charge is 0.484 e. The molecule has 1 aliphatic rings. The summed E-state index contributed by atoms with van der Waals surface area (Å²) in [7, 11) is 0. The number of benzene rings is 2. The number of hydrogen-bond acceptors (Lipinski definition) is 4. The molecule has 0 aliphatic carbocycles. The highest BCUT2D eigenvalue weighted by atomic mass is 35.5. The molecule has 0 saturated carbocycles. The Hall–Kier alpha value is -2.83. The number of halogens is 1. The Morgan fingerprint density at radius 3 is 2.47 bits per heavy atom. The molecule has 5 nitrogen and oxygen atoms in total. The number of rotatable bonds is 6. The summed E-state index contributed by atoms with van der Waals surface area (Å²) < 4.78 is 5.68. The van der Waals surface area contributed by atoms with Gasteiger partial charge >= 0.3 is 0 Å². The summed E-state index contributed by atoms with van der Waals surface area (Å²) in [6, 6.07) is 18.9. The highest BCUT2D eigenvalue weighted by Crippen LogP contribution is 2.38. The predicted octanol–water partition coefficient (Wildman–Crippen LogP) is 5.58. The van der Waals surface area contributed by atoms with Crippen LogP contribution in [0.3, 0.4) is 0 Å². The molecule has 4 rings (SSSR count). The van der Waals surface area contributed by atoms with Gasteiger partial charge in [-0.15, -0.1) is 11.3 Å². The average molecular weight is 497 g/mol. The summed E-state index contributed by atoms with van der Waals surface area (Å²) in [6.45, 7) is 6.27. The van der Waals surface area contributed by atoms with E-state index in [0.717, 1.165) is 12.0 Å². The number of carbonyl (C=O) groups is 2. The number of hydrogen-bond donors (Lipinski definition) is 0. The molecule has 7 heteroatoms. The summed E-state index contributed by atoms with van der Waals surface area (Å²) in [5.41, 5.74) is 1.72. The van der Waals surface area contributed by atoms with Gasteiger partial charge in [-0.25, -0.2) is 0 Å². The molecule has 2 aromatic carbocycles. The first-order chi connectivity index (χ1) is 16.2. The minimum Gasteiger partial charge on any atom is -0.484 e. The zero-order chi connectivity index (χ0) is 24.3. The minimum absolute atomic E-state index is 0.00485. The van der Waals surface area contributed by atoms with Crippen molar-refractivity contribution < 1.29 is 14.3 Å². The Kier molecular flexibility index (Phi) is 7.29. The molecule has 0 unspecified atom stereocenters. The molecule has 0 N–H and O–H groups in total. The normalized spacial score (nSPS) is 15.5. The van der Waals surface area contributed by atoms with Gasteiger partial charge in [0.2, 0.25) is 5.91 Å². The lowest BCUT2D eigenvalue weighted by atomic mass is 9.93. The van der Waals surface area contributed by atoms with Gasteiger partial charge in [0, 0.05) is 22.0 Å². The summed E-state index contributed by atoms with van der Waals surface area (Å²) >= 11 is 7.66. The van der Waals surface area contributed by atoms with E-state index in [2.05, 4.69) is 23.6 Å². The summed E-state index contributed by atoms with van der Waals surface area (Å²) in [4.78, 5) is 31.7. The van der Waals surface area contributed by atoms with E-state index in [1.807, 2.05) is 43.9 Å². The molecule has 0 bridgehead atoms. The molecule has 34 heavy (non-hydrogen) atoms. The van der Waals surface area contributed by atoms with Crippen LogP contribution in [0.5, 0.6) is 5.75 Å². The molecule has 3 aromatic rings. The zero-order valence-corrected chi connectivity index (χ0v) is 21.2. The topological polar surface area (TPSA) is 49.9 Å². The van der Waals surface area contributed by atoms with Crippen molar-refractivity contribution in [2.24, 2.45) is 0 Å². The molecular weight excluding hydrogens is 468 g/mol. The monoisotopic (exact) mass is 496 g/mol. The van der Waals surface area contributed by atoms with Gasteiger partial charge in [0.15, 0.2) is 6.61 Å². The van der Waals surface area contributed by atoms with Gasteiger partial charge in [0.1, 0.15) is 12.3 Å². The maximum atomic E-state index is 13.7. The second-order valence-electron chi connectivity index (χ2n) is 9.34. The van der Waals surface area contributed by atoms with Crippen LogP contribution in [0.15, 0.2) is 66.0 Å². The third-order valence-electron chi connectivity index (χ3n) is 5.98. The smallest absolute Gasteiger partial charge is 0.261 e. The number of thiophene rings is 1. The van der Waals surface area contributed by atoms with Gasteiger partial charge in [-0.2, -0.15) is 0 Å². The molecular formula is C27H29ClN2O3S. The Balaban J connectivity index is 1.52. The molecule has 2 heterocycles. The maximum absolute atomic E-state index is 13.7. The minimum atomic E-state index is -0.540. The molecule has 0 spiro atoms. The Bertz CT molecular complexity index is 1140. The van der Waals surface area contributed by atoms with Crippen molar-refractivity contribution in [2.45, 2.75) is 38.8 Å². The van der Waals surface area contributed by atoms with Crippen molar-refractivity contribution in [2.75, 3.05) is 19.7 Å². The summed E-state index contributed by atoms with van der Waals surface area (Å²) in [5, 5.41) is 2.69. The lowest BCUT2D eigenvalue weighted by molar-refractivity contribution is -0.147. The van der Waals surface area contributed by atoms with Crippen LogP contribution in [0.25, 0.3) is 0 Å². The number of nitrogens with zero attached hydrogens (tertiary/aromatic N) is 2. The zero-order valence-electron chi connectivity index (χ0n) is 19.7. The van der Waals surface area contributed by atoms with Crippen molar-refractivity contribution in [3.63, 3.8) is 0 Å². The van der Waals surface area contributed by atoms with Crippen LogP contribution in [0, 0.1) is 0 Å². The summed E-state index contributed by atoms with van der Waals surface area (Å²) in [5.74, 6) is 0.254. The van der Waals surface area contributed by atoms with Crippen molar-refractivity contribution in [1.82, 2.24) is 9.80 Å². The van der Waals surface area contributed by atoms with E-state index >= 15 is 0 Å². The molecule has 178 valence electrons. The first-order valence-electron chi connectivity index (χ1n) is 11.3. The Morgan fingerprint density at radius 1 is 1.09 bits per heavy atom. The SMILES string of the molecule is CC(C)(C)N(CC(=O)N1CCc2sccc2[C@H]1c1ccccc1)C(=O)COc1ccc(Cl)cc1. The van der Waals surface area contributed by atoms with Crippen LogP contribution in [0.1, 0.15) is 42.8 Å². The second-order valence-corrected chi connectivity index (χ2v) is 10.8. The van der Waals surface area contributed by atoms with E-state index in [-0.39, 0.29) is 31.0 Å². The van der Waals surface area contributed by atoms with Gasteiger partial charge in [0.05, 0.1) is 6.04 Å². The van der Waals surface area contributed by atoms with Crippen molar-refractivity contribution >= 4 is 34.8 Å². The fourth-order valence-corrected chi connectivity index (χ4v) is 5.29. The fourth-order valence-electron chi connectivity index (χ4n) is 4.26. The van der Waals surface area contributed by atoms with Crippen molar-refractivity contribution in [3.8, 4) is 5.75 Å². The van der Waals surface area contributed by atoms with Gasteiger partial charge in [-0.3, -0.25) is 9.59 Å². The van der Waals surface area contributed by atoms with Gasteiger partial charge in [0.25, 0.3) is 5.91 Å². The second kappa shape index (κ2) is 10.2. The van der Waals surface area contributed by atoms with E-state index < -0.39 is 5.54 Å². The van der Waals surface area contributed by atoms with Crippen LogP contribution in [-0.4, -0.2) is 46.8 Å². The van der Waals surface area contributed by atoms with Crippen molar-refractivity contribution in [1.29, 1.82) is 0 Å². The Morgan fingerprint density at radius 2 is 1.79 bits per heavy atom. The highest BCUT2D eigenvalue weighted by Gasteiger charge is 2.36. The number of amides is 2. The van der Waals surface area contributed by atoms with E-state index in [0.29, 0.717) is 17.3 Å². The molecule has 1 aliphatic heterocycles. The van der Waals surface area contributed by atoms with Crippen LogP contribution < -0.4 is 4.74 Å². The third kappa shape index (κ3) is 5.45. The average Bonchev–Trinajstić information content (AvgIpc) is 3.30. The lowest BCUT2D eigenvalue weighted by Gasteiger charge is -2.40.